The highest BCUT2D eigenvalue weighted by molar-refractivity contribution is 7.99. The SMILES string of the molecule is CC1CN(C(=O)c2coc(CN)c2)CCS1.Cl. The summed E-state index contributed by atoms with van der Waals surface area (Å²) in [5.74, 6) is 1.72. The van der Waals surface area contributed by atoms with Crippen LogP contribution in [0.15, 0.2) is 16.7 Å². The van der Waals surface area contributed by atoms with Crippen LogP contribution in [0.4, 0.5) is 0 Å². The minimum atomic E-state index is 0. The minimum Gasteiger partial charge on any atom is -0.467 e. The Balaban J connectivity index is 0.00000144. The van der Waals surface area contributed by atoms with Crippen molar-refractivity contribution in [3.05, 3.63) is 23.7 Å². The molecule has 0 spiro atoms. The van der Waals surface area contributed by atoms with Gasteiger partial charge in [0.2, 0.25) is 0 Å². The molecule has 2 rings (SSSR count). The zero-order valence-electron chi connectivity index (χ0n) is 9.72. The molecule has 6 heteroatoms. The Bertz CT molecular complexity index is 383. The van der Waals surface area contributed by atoms with Crippen LogP contribution < -0.4 is 5.73 Å². The predicted molar refractivity (Wildman–Crippen MR) is 71.7 cm³/mol. The van der Waals surface area contributed by atoms with Crippen LogP contribution in [0.1, 0.15) is 23.0 Å². The topological polar surface area (TPSA) is 59.5 Å². The second-order valence-corrected chi connectivity index (χ2v) is 5.48. The summed E-state index contributed by atoms with van der Waals surface area (Å²) in [6.45, 7) is 4.11. The van der Waals surface area contributed by atoms with Crippen molar-refractivity contribution in [2.45, 2.75) is 18.7 Å². The lowest BCUT2D eigenvalue weighted by Gasteiger charge is -2.30. The molecule has 17 heavy (non-hydrogen) atoms. The number of rotatable bonds is 2. The fraction of sp³-hybridized carbons (Fsp3) is 0.545. The molecule has 1 saturated heterocycles. The Labute approximate surface area is 111 Å². The first-order valence-corrected chi connectivity index (χ1v) is 6.44. The van der Waals surface area contributed by atoms with Crippen molar-refractivity contribution < 1.29 is 9.21 Å². The molecule has 96 valence electrons. The van der Waals surface area contributed by atoms with Gasteiger partial charge >= 0.3 is 0 Å². The van der Waals surface area contributed by atoms with Gasteiger partial charge in [0.05, 0.1) is 12.1 Å². The highest BCUT2D eigenvalue weighted by Gasteiger charge is 2.23. The maximum Gasteiger partial charge on any atom is 0.257 e. The maximum absolute atomic E-state index is 12.1. The van der Waals surface area contributed by atoms with Crippen LogP contribution in [-0.4, -0.2) is 34.9 Å². The van der Waals surface area contributed by atoms with E-state index in [0.717, 1.165) is 18.8 Å². The van der Waals surface area contributed by atoms with Crippen LogP contribution in [0.5, 0.6) is 0 Å². The third kappa shape index (κ3) is 3.40. The molecule has 1 atom stereocenters. The van der Waals surface area contributed by atoms with Gasteiger partial charge in [-0.1, -0.05) is 6.92 Å². The highest BCUT2D eigenvalue weighted by Crippen LogP contribution is 2.20. The molecule has 0 bridgehead atoms. The fourth-order valence-corrected chi connectivity index (χ4v) is 2.80. The number of carbonyl (C=O) groups is 1. The first-order chi connectivity index (χ1) is 7.70. The van der Waals surface area contributed by atoms with Crippen LogP contribution in [0.3, 0.4) is 0 Å². The number of furan rings is 1. The van der Waals surface area contributed by atoms with E-state index in [1.54, 1.807) is 6.07 Å². The lowest BCUT2D eigenvalue weighted by atomic mass is 10.2. The molecule has 0 aliphatic carbocycles. The molecule has 2 N–H and O–H groups in total. The van der Waals surface area contributed by atoms with Crippen LogP contribution in [0.25, 0.3) is 0 Å². The zero-order chi connectivity index (χ0) is 11.5. The van der Waals surface area contributed by atoms with E-state index in [-0.39, 0.29) is 18.3 Å². The number of halogens is 1. The number of thioether (sulfide) groups is 1. The van der Waals surface area contributed by atoms with Gasteiger partial charge in [-0.2, -0.15) is 11.8 Å². The summed E-state index contributed by atoms with van der Waals surface area (Å²) < 4.78 is 5.17. The smallest absolute Gasteiger partial charge is 0.257 e. The number of amides is 1. The largest absolute Gasteiger partial charge is 0.467 e. The summed E-state index contributed by atoms with van der Waals surface area (Å²) in [6, 6.07) is 1.73. The molecule has 4 nitrogen and oxygen atoms in total. The number of hydrogen-bond acceptors (Lipinski definition) is 4. The average Bonchev–Trinajstić information content (AvgIpc) is 2.76. The standard InChI is InChI=1S/C11H16N2O2S.ClH/c1-8-6-13(2-3-16-8)11(14)9-4-10(5-12)15-7-9;/h4,7-8H,2-3,5-6,12H2,1H3;1H. The van der Waals surface area contributed by atoms with Crippen LogP contribution in [-0.2, 0) is 6.54 Å². The first-order valence-electron chi connectivity index (χ1n) is 5.39. The normalized spacial score (nSPS) is 19.9. The van der Waals surface area contributed by atoms with Gasteiger partial charge in [-0.3, -0.25) is 4.79 Å². The van der Waals surface area contributed by atoms with E-state index in [1.165, 1.54) is 6.26 Å². The Morgan fingerprint density at radius 3 is 3.06 bits per heavy atom. The van der Waals surface area contributed by atoms with Crippen molar-refractivity contribution in [2.75, 3.05) is 18.8 Å². The molecule has 1 aromatic heterocycles. The van der Waals surface area contributed by atoms with Gasteiger partial charge in [0.15, 0.2) is 0 Å². The minimum absolute atomic E-state index is 0. The molecule has 1 aliphatic rings. The van der Waals surface area contributed by atoms with E-state index < -0.39 is 0 Å². The Kier molecular flexibility index (Phi) is 5.36. The number of nitrogens with two attached hydrogens (primary N) is 1. The Morgan fingerprint density at radius 2 is 2.47 bits per heavy atom. The summed E-state index contributed by atoms with van der Waals surface area (Å²) in [4.78, 5) is 14.0. The van der Waals surface area contributed by atoms with Crippen LogP contribution >= 0.6 is 24.2 Å². The van der Waals surface area contributed by atoms with Gasteiger partial charge in [-0.15, -0.1) is 12.4 Å². The molecule has 1 fully saturated rings. The molecule has 1 unspecified atom stereocenters. The summed E-state index contributed by atoms with van der Waals surface area (Å²) in [5.41, 5.74) is 6.05. The van der Waals surface area contributed by atoms with Crippen LogP contribution in [0.2, 0.25) is 0 Å². The zero-order valence-corrected chi connectivity index (χ0v) is 11.4. The molecule has 2 heterocycles. The van der Waals surface area contributed by atoms with Crippen molar-refractivity contribution in [3.63, 3.8) is 0 Å². The Morgan fingerprint density at radius 1 is 1.71 bits per heavy atom. The van der Waals surface area contributed by atoms with Crippen molar-refractivity contribution >= 4 is 30.1 Å². The lowest BCUT2D eigenvalue weighted by Crippen LogP contribution is -2.40. The van der Waals surface area contributed by atoms with Gasteiger partial charge in [-0.05, 0) is 6.07 Å². The summed E-state index contributed by atoms with van der Waals surface area (Å²) in [5, 5.41) is 0.513. The van der Waals surface area contributed by atoms with E-state index in [9.17, 15) is 4.79 Å². The van der Waals surface area contributed by atoms with E-state index in [0.29, 0.717) is 23.1 Å². The predicted octanol–water partition coefficient (Wildman–Crippen LogP) is 1.74. The molecule has 1 aliphatic heterocycles. The monoisotopic (exact) mass is 276 g/mol. The second-order valence-electron chi connectivity index (χ2n) is 3.94. The van der Waals surface area contributed by atoms with Crippen molar-refractivity contribution in [1.29, 1.82) is 0 Å². The van der Waals surface area contributed by atoms with Gasteiger partial charge in [0, 0.05) is 24.1 Å². The van der Waals surface area contributed by atoms with E-state index in [2.05, 4.69) is 6.92 Å². The summed E-state index contributed by atoms with van der Waals surface area (Å²) in [7, 11) is 0. The molecule has 1 aromatic rings. The van der Waals surface area contributed by atoms with Crippen LogP contribution in [0, 0.1) is 0 Å². The quantitative estimate of drug-likeness (QED) is 0.894. The molecular formula is C11H17ClN2O2S. The van der Waals surface area contributed by atoms with E-state index >= 15 is 0 Å². The highest BCUT2D eigenvalue weighted by atomic mass is 35.5. The average molecular weight is 277 g/mol. The number of hydrogen-bond donors (Lipinski definition) is 1. The van der Waals surface area contributed by atoms with Gasteiger partial charge in [-0.25, -0.2) is 0 Å². The van der Waals surface area contributed by atoms with Crippen molar-refractivity contribution in [1.82, 2.24) is 4.90 Å². The first kappa shape index (κ1) is 14.4. The van der Waals surface area contributed by atoms with Gasteiger partial charge in [0.1, 0.15) is 12.0 Å². The van der Waals surface area contributed by atoms with E-state index in [1.807, 2.05) is 16.7 Å². The summed E-state index contributed by atoms with van der Waals surface area (Å²) in [6.07, 6.45) is 1.50. The lowest BCUT2D eigenvalue weighted by molar-refractivity contribution is 0.0762. The molecular weight excluding hydrogens is 260 g/mol. The number of nitrogens with zero attached hydrogens (tertiary/aromatic N) is 1. The van der Waals surface area contributed by atoms with Gasteiger partial charge < -0.3 is 15.1 Å². The summed E-state index contributed by atoms with van der Waals surface area (Å²) >= 11 is 1.91. The van der Waals surface area contributed by atoms with Gasteiger partial charge in [0.25, 0.3) is 5.91 Å². The maximum atomic E-state index is 12.1. The third-order valence-corrected chi connectivity index (χ3v) is 3.77. The fourth-order valence-electron chi connectivity index (χ4n) is 1.79. The number of carbonyl (C=O) groups excluding carboxylic acids is 1. The Hall–Kier alpha value is -0.650. The van der Waals surface area contributed by atoms with E-state index in [4.69, 9.17) is 10.2 Å². The molecule has 0 saturated carbocycles. The second kappa shape index (κ2) is 6.33. The molecule has 1 amide bonds. The van der Waals surface area contributed by atoms with Crippen molar-refractivity contribution in [3.8, 4) is 0 Å². The third-order valence-electron chi connectivity index (χ3n) is 2.63. The van der Waals surface area contributed by atoms with Crippen molar-refractivity contribution in [2.24, 2.45) is 5.73 Å². The molecule has 0 aromatic carbocycles. The molecule has 0 radical (unpaired) electrons.